The number of primary amides is 1. The Morgan fingerprint density at radius 3 is 1.11 bits per heavy atom. The second kappa shape index (κ2) is 31.1. The summed E-state index contributed by atoms with van der Waals surface area (Å²) in [6, 6.07) is -12.6. The zero-order valence-electron chi connectivity index (χ0n) is 42.8. The van der Waals surface area contributed by atoms with Gasteiger partial charge in [0.25, 0.3) is 0 Å². The van der Waals surface area contributed by atoms with Crippen LogP contribution < -0.4 is 88.8 Å². The molecule has 0 aromatic carbocycles. The highest BCUT2D eigenvalue weighted by atomic mass is 32.1. The minimum absolute atomic E-state index is 0.0135. The minimum Gasteiger partial charge on any atom is -0.370 e. The summed E-state index contributed by atoms with van der Waals surface area (Å²) < 4.78 is 58.9. The number of nitrogens with zero attached hydrogens (tertiary/aromatic N) is 4. The number of hydrogen-bond acceptors (Lipinski definition) is 13. The molecule has 0 saturated carbocycles. The number of carbonyl (C=O) groups excluding carboxylic acids is 8. The molecule has 29 heteroatoms. The number of aliphatic imine (C=N–C) groups is 4. The van der Waals surface area contributed by atoms with E-state index >= 15 is 0 Å². The molecule has 0 heterocycles. The quantitative estimate of drug-likeness (QED) is 0.0133. The maximum Gasteiger partial charge on any atom is 0.244 e. The molecular formula is C35H68N20O8S. The van der Waals surface area contributed by atoms with E-state index < -0.39 is 121 Å². The van der Waals surface area contributed by atoms with E-state index in [4.69, 9.17) is 61.4 Å². The van der Waals surface area contributed by atoms with Gasteiger partial charge in [0.05, 0.1) is 0 Å². The number of thiol groups is 1. The summed E-state index contributed by atoms with van der Waals surface area (Å²) in [6.07, 6.45) is -1.62. The summed E-state index contributed by atoms with van der Waals surface area (Å²) >= 11 is 3.97. The molecule has 28 nitrogen and oxygen atoms in total. The molecule has 0 aromatic rings. The Hall–Kier alpha value is -6.81. The first-order valence-corrected chi connectivity index (χ1v) is 20.3. The highest BCUT2D eigenvalue weighted by Crippen LogP contribution is 2.07. The number of nitrogens with two attached hydrogens (primary N) is 9. The lowest BCUT2D eigenvalue weighted by atomic mass is 10.1. The van der Waals surface area contributed by atoms with Crippen LogP contribution in [0.25, 0.3) is 0 Å². The van der Waals surface area contributed by atoms with E-state index in [1.807, 2.05) is 0 Å². The first kappa shape index (κ1) is 45.2. The Kier molecular flexibility index (Phi) is 22.0. The van der Waals surface area contributed by atoms with E-state index in [1.54, 1.807) is 0 Å². The highest BCUT2D eigenvalue weighted by Gasteiger charge is 2.32. The van der Waals surface area contributed by atoms with E-state index in [1.165, 1.54) is 0 Å². The van der Waals surface area contributed by atoms with Gasteiger partial charge in [0.1, 0.15) is 42.3 Å². The molecule has 0 rings (SSSR count). The highest BCUT2D eigenvalue weighted by molar-refractivity contribution is 7.80. The number of amides is 8. The van der Waals surface area contributed by atoms with Crippen molar-refractivity contribution in [3.05, 3.63) is 0 Å². The zero-order valence-corrected chi connectivity index (χ0v) is 36.7. The molecule has 0 radical (unpaired) electrons. The normalized spacial score (nSPS) is 15.3. The Balaban J connectivity index is 7.06. The molecule has 0 aliphatic carbocycles. The summed E-state index contributed by atoms with van der Waals surface area (Å²) in [5, 5.41) is 2.76. The minimum atomic E-state index is -2.01. The largest absolute Gasteiger partial charge is 0.370 e. The number of rotatable bonds is 31. The van der Waals surface area contributed by atoms with Crippen molar-refractivity contribution in [3.8, 4) is 0 Å². The fourth-order valence-corrected chi connectivity index (χ4v) is 5.28. The van der Waals surface area contributed by atoms with Crippen molar-refractivity contribution in [2.75, 3.05) is 31.9 Å². The van der Waals surface area contributed by atoms with Crippen LogP contribution in [0.4, 0.5) is 0 Å². The predicted octanol–water partition coefficient (Wildman–Crippen LogP) is -7.93. The Bertz CT molecular complexity index is 1950. The second-order valence-electron chi connectivity index (χ2n) is 13.7. The average Bonchev–Trinajstić information content (AvgIpc) is 3.31. The van der Waals surface area contributed by atoms with Gasteiger partial charge < -0.3 is 88.8 Å². The number of guanidine groups is 4. The van der Waals surface area contributed by atoms with E-state index in [-0.39, 0.29) is 114 Å². The lowest BCUT2D eigenvalue weighted by Crippen LogP contribution is -2.59. The number of carbonyl (C=O) groups is 8. The summed E-state index contributed by atoms with van der Waals surface area (Å²) in [4.78, 5) is 122. The SMILES string of the molecule is [2H]CC(=O)N([2H])[C@@H](CS)C(=O)N([2H])[C@@H](CCCN=C(N)N)C(=O)N([2H])[C@@H](C)C(=O)N([2H])[C@@H](CCCN=C(N)N)C(=O)N([2H])[C@@H](CCCN=C(N)N)C(=O)N([2H])[C@@H](C)C(=O)N[C@@H](CCCN=C(N)N)C(N)=O. The summed E-state index contributed by atoms with van der Waals surface area (Å²) in [7, 11) is 0. The van der Waals surface area contributed by atoms with E-state index in [0.29, 0.717) is 0 Å². The van der Waals surface area contributed by atoms with Crippen LogP contribution >= 0.6 is 12.6 Å². The smallest absolute Gasteiger partial charge is 0.244 e. The number of nitrogens with one attached hydrogen (secondary N) is 7. The van der Waals surface area contributed by atoms with Gasteiger partial charge in [-0.05, 0) is 65.2 Å². The maximum atomic E-state index is 14.3. The van der Waals surface area contributed by atoms with Gasteiger partial charge in [-0.2, -0.15) is 12.6 Å². The van der Waals surface area contributed by atoms with Crippen molar-refractivity contribution in [3.63, 3.8) is 0 Å². The van der Waals surface area contributed by atoms with Gasteiger partial charge >= 0.3 is 0 Å². The monoisotopic (exact) mass is 936 g/mol. The molecule has 25 N–H and O–H groups in total. The molecule has 64 heavy (non-hydrogen) atoms. The standard InChI is InChI=1S/C35H68N20O8S/c1-17(26(58)52-20(25(36)57)8-4-12-45-32(37)38)49-28(60)21(9-5-13-46-33(39)40)54-30(62)23(11-7-15-48-35(43)44)53-27(59)18(2)50-29(61)22(10-6-14-47-34(41)42)55-31(63)24(16-64)51-19(3)56/h17-18,20-24,64H,4-16H2,1-3H3,(H2,36,57)(H,49,60)(H,50,61)(H,51,56)(H,52,58)(H,53,59)(H,54,62)(H,55,63)(H4,37,38,45)(H4,39,40,46)(H4,41,42,47)(H4,43,44,48)/t17-,18-,20-,21-,22-,23-,24-/m0/s1/i3D/hD6. The van der Waals surface area contributed by atoms with Crippen molar-refractivity contribution in [2.45, 2.75) is 114 Å². The first-order valence-electron chi connectivity index (χ1n) is 23.1. The average molecular weight is 936 g/mol. The topological polar surface area (TPSA) is 504 Å². The van der Waals surface area contributed by atoms with Crippen LogP contribution in [-0.4, -0.2) is 145 Å². The summed E-state index contributed by atoms with van der Waals surface area (Å²) in [6.45, 7) is 0.700. The van der Waals surface area contributed by atoms with E-state index in [9.17, 15) is 38.4 Å². The third kappa shape index (κ3) is 25.8. The molecule has 0 spiro atoms. The zero-order chi connectivity index (χ0) is 54.9. The van der Waals surface area contributed by atoms with Crippen molar-refractivity contribution < 1.29 is 48.2 Å². The molecular weight excluding hydrogens is 861 g/mol. The van der Waals surface area contributed by atoms with Crippen LogP contribution in [0.15, 0.2) is 20.0 Å². The number of hydrogen-bond donors (Lipinski definition) is 17. The van der Waals surface area contributed by atoms with Crippen LogP contribution in [0.1, 0.15) is 73.5 Å². The third-order valence-corrected chi connectivity index (χ3v) is 8.58. The summed E-state index contributed by atoms with van der Waals surface area (Å²) in [5.74, 6) is -11.9. The van der Waals surface area contributed by atoms with E-state index in [2.05, 4.69) is 37.9 Å². The van der Waals surface area contributed by atoms with Crippen LogP contribution in [0.2, 0.25) is 8.47 Å². The van der Waals surface area contributed by atoms with E-state index in [0.717, 1.165) is 13.8 Å². The molecule has 0 saturated heterocycles. The fourth-order valence-electron chi connectivity index (χ4n) is 5.05. The predicted molar refractivity (Wildman–Crippen MR) is 243 cm³/mol. The molecule has 0 aliphatic heterocycles. The van der Waals surface area contributed by atoms with Gasteiger partial charge in [0, 0.05) is 40.2 Å². The lowest BCUT2D eigenvalue weighted by molar-refractivity contribution is -0.135. The molecule has 8 amide bonds. The van der Waals surface area contributed by atoms with Crippen molar-refractivity contribution in [2.24, 2.45) is 71.6 Å². The molecule has 362 valence electrons. The second-order valence-corrected chi connectivity index (χ2v) is 14.1. The Morgan fingerprint density at radius 2 is 0.781 bits per heavy atom. The Morgan fingerprint density at radius 1 is 0.469 bits per heavy atom. The Labute approximate surface area is 386 Å². The summed E-state index contributed by atoms with van der Waals surface area (Å²) in [5.41, 5.74) is 48.5. The molecule has 0 fully saturated rings. The van der Waals surface area contributed by atoms with Crippen molar-refractivity contribution in [1.29, 1.82) is 0 Å². The van der Waals surface area contributed by atoms with Crippen LogP contribution in [0.5, 0.6) is 0 Å². The molecule has 0 aromatic heterocycles. The van der Waals surface area contributed by atoms with Crippen LogP contribution in [0.3, 0.4) is 0 Å². The van der Waals surface area contributed by atoms with Gasteiger partial charge in [-0.1, -0.05) is 0 Å². The molecule has 0 aliphatic rings. The van der Waals surface area contributed by atoms with Crippen LogP contribution in [-0.2, 0) is 38.4 Å². The molecule has 0 bridgehead atoms. The molecule has 7 atom stereocenters. The fraction of sp³-hybridized carbons (Fsp3) is 0.657. The van der Waals surface area contributed by atoms with Gasteiger partial charge in [-0.25, -0.2) is 0 Å². The van der Waals surface area contributed by atoms with Gasteiger partial charge in [-0.3, -0.25) is 58.3 Å². The van der Waals surface area contributed by atoms with Gasteiger partial charge in [0.15, 0.2) is 32.3 Å². The third-order valence-electron chi connectivity index (χ3n) is 8.24. The van der Waals surface area contributed by atoms with Crippen molar-refractivity contribution >= 4 is 83.7 Å². The maximum absolute atomic E-state index is 14.3. The van der Waals surface area contributed by atoms with Gasteiger partial charge in [-0.15, -0.1) is 0 Å². The van der Waals surface area contributed by atoms with Crippen molar-refractivity contribution in [1.82, 2.24) is 37.2 Å². The molecule has 0 unspecified atom stereocenters. The van der Waals surface area contributed by atoms with Gasteiger partial charge in [0.2, 0.25) is 47.3 Å². The lowest BCUT2D eigenvalue weighted by Gasteiger charge is -2.26. The first-order chi connectivity index (χ1) is 33.1. The van der Waals surface area contributed by atoms with Crippen LogP contribution in [0, 0.1) is 0 Å².